The Kier molecular flexibility index (Phi) is 7.47. The van der Waals surface area contributed by atoms with Gasteiger partial charge in [-0.2, -0.15) is 0 Å². The Labute approximate surface area is 195 Å². The summed E-state index contributed by atoms with van der Waals surface area (Å²) >= 11 is 3.66. The lowest BCUT2D eigenvalue weighted by atomic mass is 9.83. The van der Waals surface area contributed by atoms with Crippen LogP contribution in [0.4, 0.5) is 5.69 Å². The highest BCUT2D eigenvalue weighted by molar-refractivity contribution is 8.22. The molecule has 2 heterocycles. The Morgan fingerprint density at radius 3 is 2.16 bits per heavy atom. The van der Waals surface area contributed by atoms with Gasteiger partial charge in [0.1, 0.15) is 0 Å². The molecule has 2 unspecified atom stereocenters. The van der Waals surface area contributed by atoms with Gasteiger partial charge in [-0.25, -0.2) is 0 Å². The molecule has 3 nitrogen and oxygen atoms in total. The van der Waals surface area contributed by atoms with Crippen LogP contribution in [-0.4, -0.2) is 48.5 Å². The molecular weight excluding hydrogens is 420 g/mol. The van der Waals surface area contributed by atoms with E-state index in [0.29, 0.717) is 11.2 Å². The van der Waals surface area contributed by atoms with E-state index in [9.17, 15) is 4.79 Å². The average Bonchev–Trinajstić information content (AvgIpc) is 2.84. The van der Waals surface area contributed by atoms with Crippen molar-refractivity contribution in [3.63, 3.8) is 0 Å². The number of carbonyl (C=O) groups is 1. The number of ketones is 1. The van der Waals surface area contributed by atoms with E-state index in [1.807, 2.05) is 25.6 Å². The topological polar surface area (TPSA) is 23.6 Å². The molecule has 2 aromatic rings. The first-order valence-electron chi connectivity index (χ1n) is 11.2. The van der Waals surface area contributed by atoms with Crippen molar-refractivity contribution in [3.05, 3.63) is 76.0 Å². The van der Waals surface area contributed by atoms with E-state index in [4.69, 9.17) is 0 Å². The van der Waals surface area contributed by atoms with E-state index in [2.05, 4.69) is 76.7 Å². The Balaban J connectivity index is 1.56. The third-order valence-electron chi connectivity index (χ3n) is 6.27. The Morgan fingerprint density at radius 1 is 0.968 bits per heavy atom. The third-order valence-corrected chi connectivity index (χ3v) is 8.84. The van der Waals surface area contributed by atoms with E-state index >= 15 is 0 Å². The minimum atomic E-state index is 0.0231. The number of Topliss-reactive ketones (excluding diaryl/α,β-unsaturated/α-hetero) is 1. The zero-order chi connectivity index (χ0) is 21.8. The number of para-hydroxylation sites is 1. The SMILES string of the molecule is CSC1=C(C(=O)C(C)C)C(c2ccccc2)CC(N2CCN(c3ccccc3)CC2)S1. The van der Waals surface area contributed by atoms with E-state index in [0.717, 1.165) is 38.2 Å². The minimum absolute atomic E-state index is 0.0231. The van der Waals surface area contributed by atoms with Crippen LogP contribution in [0, 0.1) is 5.92 Å². The number of benzene rings is 2. The number of allylic oxidation sites excluding steroid dienone is 1. The highest BCUT2D eigenvalue weighted by atomic mass is 32.2. The van der Waals surface area contributed by atoms with Gasteiger partial charge in [0.15, 0.2) is 5.78 Å². The lowest BCUT2D eigenvalue weighted by molar-refractivity contribution is -0.118. The lowest BCUT2D eigenvalue weighted by Crippen LogP contribution is -2.50. The molecule has 4 rings (SSSR count). The van der Waals surface area contributed by atoms with Gasteiger partial charge in [0, 0.05) is 53.5 Å². The predicted octanol–water partition coefficient (Wildman–Crippen LogP) is 5.86. The maximum absolute atomic E-state index is 13.2. The summed E-state index contributed by atoms with van der Waals surface area (Å²) in [5.74, 6) is 0.505. The molecule has 0 saturated carbocycles. The smallest absolute Gasteiger partial charge is 0.163 e. The summed E-state index contributed by atoms with van der Waals surface area (Å²) in [6.07, 6.45) is 3.12. The first-order chi connectivity index (χ1) is 15.1. The zero-order valence-electron chi connectivity index (χ0n) is 18.7. The van der Waals surface area contributed by atoms with Crippen molar-refractivity contribution < 1.29 is 4.79 Å². The molecule has 0 spiro atoms. The number of hydrogen-bond acceptors (Lipinski definition) is 5. The Morgan fingerprint density at radius 2 is 1.58 bits per heavy atom. The molecule has 1 saturated heterocycles. The molecule has 0 aliphatic carbocycles. The molecule has 0 amide bonds. The molecule has 164 valence electrons. The van der Waals surface area contributed by atoms with E-state index in [1.54, 1.807) is 11.8 Å². The third kappa shape index (κ3) is 5.05. The van der Waals surface area contributed by atoms with Crippen molar-refractivity contribution in [3.8, 4) is 0 Å². The monoisotopic (exact) mass is 452 g/mol. The predicted molar refractivity (Wildman–Crippen MR) is 136 cm³/mol. The Hall–Kier alpha value is -1.69. The molecule has 2 atom stereocenters. The molecule has 2 aliphatic rings. The summed E-state index contributed by atoms with van der Waals surface area (Å²) in [6, 6.07) is 21.4. The van der Waals surface area contributed by atoms with Crippen molar-refractivity contribution in [2.45, 2.75) is 31.6 Å². The molecule has 1 fully saturated rings. The lowest BCUT2D eigenvalue weighted by Gasteiger charge is -2.43. The van der Waals surface area contributed by atoms with Gasteiger partial charge in [-0.15, -0.1) is 11.8 Å². The fraction of sp³-hybridized carbons (Fsp3) is 0.423. The highest BCUT2D eigenvalue weighted by Crippen LogP contribution is 2.49. The van der Waals surface area contributed by atoms with Gasteiger partial charge in [0.25, 0.3) is 0 Å². The molecule has 31 heavy (non-hydrogen) atoms. The molecule has 2 aliphatic heterocycles. The average molecular weight is 453 g/mol. The summed E-state index contributed by atoms with van der Waals surface area (Å²) < 4.78 is 1.22. The van der Waals surface area contributed by atoms with Gasteiger partial charge in [-0.1, -0.05) is 74.1 Å². The summed E-state index contributed by atoms with van der Waals surface area (Å²) in [6.45, 7) is 8.26. The normalized spacial score (nSPS) is 22.8. The van der Waals surface area contributed by atoms with Gasteiger partial charge >= 0.3 is 0 Å². The second-order valence-corrected chi connectivity index (χ2v) is 10.8. The summed E-state index contributed by atoms with van der Waals surface area (Å²) in [7, 11) is 0. The van der Waals surface area contributed by atoms with E-state index in [1.165, 1.54) is 15.5 Å². The van der Waals surface area contributed by atoms with Crippen LogP contribution in [0.15, 0.2) is 70.5 Å². The molecule has 2 aromatic carbocycles. The van der Waals surface area contributed by atoms with Gasteiger partial charge in [0.05, 0.1) is 5.37 Å². The van der Waals surface area contributed by atoms with Crippen molar-refractivity contribution in [1.29, 1.82) is 0 Å². The number of nitrogens with zero attached hydrogens (tertiary/aromatic N) is 2. The van der Waals surface area contributed by atoms with Crippen LogP contribution in [0.1, 0.15) is 31.7 Å². The molecular formula is C26H32N2OS2. The van der Waals surface area contributed by atoms with Gasteiger partial charge in [-0.3, -0.25) is 9.69 Å². The summed E-state index contributed by atoms with van der Waals surface area (Å²) in [5.41, 5.74) is 3.62. The quantitative estimate of drug-likeness (QED) is 0.547. The maximum Gasteiger partial charge on any atom is 0.163 e. The fourth-order valence-corrected chi connectivity index (χ4v) is 7.00. The van der Waals surface area contributed by atoms with Crippen LogP contribution < -0.4 is 4.90 Å². The van der Waals surface area contributed by atoms with E-state index in [-0.39, 0.29) is 11.8 Å². The second kappa shape index (κ2) is 10.3. The van der Waals surface area contributed by atoms with Crippen LogP contribution in [-0.2, 0) is 4.79 Å². The summed E-state index contributed by atoms with van der Waals surface area (Å²) in [4.78, 5) is 18.3. The van der Waals surface area contributed by atoms with Crippen LogP contribution in [0.2, 0.25) is 0 Å². The number of carbonyl (C=O) groups excluding carboxylic acids is 1. The van der Waals surface area contributed by atoms with Gasteiger partial charge in [0.2, 0.25) is 0 Å². The van der Waals surface area contributed by atoms with Crippen molar-refractivity contribution in [2.24, 2.45) is 5.92 Å². The van der Waals surface area contributed by atoms with Crippen molar-refractivity contribution in [2.75, 3.05) is 37.3 Å². The molecule has 0 radical (unpaired) electrons. The van der Waals surface area contributed by atoms with Crippen molar-refractivity contribution in [1.82, 2.24) is 4.90 Å². The van der Waals surface area contributed by atoms with Crippen LogP contribution in [0.5, 0.6) is 0 Å². The molecule has 0 aromatic heterocycles. The standard InChI is InChI=1S/C26H32N2OS2/c1-19(2)25(29)24-22(20-10-6-4-7-11-20)18-23(31-26(24)30-3)28-16-14-27(15-17-28)21-12-8-5-9-13-21/h4-13,19,22-23H,14-18H2,1-3H3. The number of anilines is 1. The minimum Gasteiger partial charge on any atom is -0.369 e. The number of piperazine rings is 1. The number of hydrogen-bond donors (Lipinski definition) is 0. The first kappa shape index (κ1) is 22.5. The van der Waals surface area contributed by atoms with Crippen LogP contribution in [0.25, 0.3) is 0 Å². The molecule has 0 bridgehead atoms. The first-order valence-corrected chi connectivity index (χ1v) is 13.3. The molecule has 5 heteroatoms. The second-order valence-electron chi connectivity index (χ2n) is 8.55. The Bertz CT molecular complexity index is 906. The maximum atomic E-state index is 13.2. The number of thioether (sulfide) groups is 2. The molecule has 0 N–H and O–H groups in total. The largest absolute Gasteiger partial charge is 0.369 e. The number of rotatable bonds is 6. The zero-order valence-corrected chi connectivity index (χ0v) is 20.3. The van der Waals surface area contributed by atoms with Crippen LogP contribution >= 0.6 is 23.5 Å². The van der Waals surface area contributed by atoms with Gasteiger partial charge in [-0.05, 0) is 30.4 Å². The summed E-state index contributed by atoms with van der Waals surface area (Å²) in [5, 5.41) is 0.411. The van der Waals surface area contributed by atoms with Crippen LogP contribution in [0.3, 0.4) is 0 Å². The highest BCUT2D eigenvalue weighted by Gasteiger charge is 2.38. The van der Waals surface area contributed by atoms with Gasteiger partial charge < -0.3 is 4.90 Å². The van der Waals surface area contributed by atoms with E-state index < -0.39 is 0 Å². The fourth-order valence-electron chi connectivity index (χ4n) is 4.56. The van der Waals surface area contributed by atoms with Crippen molar-refractivity contribution >= 4 is 35.0 Å².